The van der Waals surface area contributed by atoms with Gasteiger partial charge in [-0.2, -0.15) is 9.57 Å². The number of hydrogen-bond donors (Lipinski definition) is 1. The Labute approximate surface area is 209 Å². The summed E-state index contributed by atoms with van der Waals surface area (Å²) in [5.74, 6) is 0.125. The number of nitrogens with one attached hydrogen (secondary N) is 1. The predicted octanol–water partition coefficient (Wildman–Crippen LogP) is 4.26. The summed E-state index contributed by atoms with van der Waals surface area (Å²) in [5, 5.41) is 13.2. The monoisotopic (exact) mass is 507 g/mol. The highest BCUT2D eigenvalue weighted by Gasteiger charge is 2.40. The number of fused-ring (bicyclic) bond motifs is 2. The van der Waals surface area contributed by atoms with Crippen LogP contribution in [0.5, 0.6) is 5.75 Å². The highest BCUT2D eigenvalue weighted by molar-refractivity contribution is 7.89. The number of rotatable bonds is 5. The molecule has 1 atom stereocenters. The van der Waals surface area contributed by atoms with E-state index in [0.717, 1.165) is 47.3 Å². The zero-order valence-electron chi connectivity index (χ0n) is 19.3. The van der Waals surface area contributed by atoms with Crippen LogP contribution in [-0.2, 0) is 40.6 Å². The van der Waals surface area contributed by atoms with Crippen molar-refractivity contribution in [2.75, 3.05) is 12.4 Å². The highest BCUT2D eigenvalue weighted by Crippen LogP contribution is 2.38. The lowest BCUT2D eigenvalue weighted by Crippen LogP contribution is -2.50. The van der Waals surface area contributed by atoms with Crippen molar-refractivity contribution < 1.29 is 17.9 Å². The van der Waals surface area contributed by atoms with Crippen LogP contribution in [-0.4, -0.2) is 31.8 Å². The van der Waals surface area contributed by atoms with Gasteiger partial charge in [-0.05, 0) is 73.1 Å². The van der Waals surface area contributed by atoms with Gasteiger partial charge < -0.3 is 10.1 Å². The maximum absolute atomic E-state index is 13.7. The molecule has 180 valence electrons. The van der Waals surface area contributed by atoms with Crippen LogP contribution in [0.15, 0.2) is 53.4 Å². The smallest absolute Gasteiger partial charge is 0.244 e. The first-order valence-corrected chi connectivity index (χ1v) is 13.8. The normalized spacial score (nSPS) is 17.7. The molecule has 1 amide bonds. The second-order valence-corrected chi connectivity index (χ2v) is 11.7. The molecule has 0 spiro atoms. The van der Waals surface area contributed by atoms with E-state index in [0.29, 0.717) is 16.3 Å². The Bertz CT molecular complexity index is 1420. The molecule has 2 heterocycles. The molecule has 0 fully saturated rings. The van der Waals surface area contributed by atoms with Crippen LogP contribution in [0.4, 0.5) is 5.00 Å². The van der Waals surface area contributed by atoms with Gasteiger partial charge >= 0.3 is 0 Å². The van der Waals surface area contributed by atoms with Crippen molar-refractivity contribution in [3.63, 3.8) is 0 Å². The number of nitrogens with zero attached hydrogens (tertiary/aromatic N) is 2. The van der Waals surface area contributed by atoms with Crippen LogP contribution >= 0.6 is 11.3 Å². The average molecular weight is 508 g/mol. The van der Waals surface area contributed by atoms with Crippen LogP contribution in [0.25, 0.3) is 0 Å². The summed E-state index contributed by atoms with van der Waals surface area (Å²) in [6, 6.07) is 15.1. The Morgan fingerprint density at radius 3 is 2.54 bits per heavy atom. The molecule has 2 aliphatic rings. The molecule has 0 saturated carbocycles. The first-order valence-electron chi connectivity index (χ1n) is 11.5. The topological polar surface area (TPSA) is 99.5 Å². The minimum atomic E-state index is -3.98. The third-order valence-corrected chi connectivity index (χ3v) is 9.77. The van der Waals surface area contributed by atoms with E-state index in [1.807, 2.05) is 24.3 Å². The first-order chi connectivity index (χ1) is 16.9. The lowest BCUT2D eigenvalue weighted by molar-refractivity contribution is -0.120. The second-order valence-electron chi connectivity index (χ2n) is 8.73. The number of ether oxygens (including phenoxy) is 1. The highest BCUT2D eigenvalue weighted by atomic mass is 32.2. The van der Waals surface area contributed by atoms with Crippen molar-refractivity contribution in [3.05, 3.63) is 75.7 Å². The van der Waals surface area contributed by atoms with Crippen molar-refractivity contribution in [1.29, 1.82) is 5.26 Å². The summed E-state index contributed by atoms with van der Waals surface area (Å²) in [7, 11) is -2.46. The molecule has 3 aromatic rings. The molecule has 0 bridgehead atoms. The van der Waals surface area contributed by atoms with Crippen molar-refractivity contribution in [2.45, 2.75) is 49.6 Å². The molecule has 0 radical (unpaired) electrons. The van der Waals surface area contributed by atoms with Gasteiger partial charge in [0.25, 0.3) is 0 Å². The zero-order chi connectivity index (χ0) is 24.6. The van der Waals surface area contributed by atoms with E-state index >= 15 is 0 Å². The van der Waals surface area contributed by atoms with Crippen molar-refractivity contribution >= 4 is 32.3 Å². The van der Waals surface area contributed by atoms with Crippen molar-refractivity contribution in [3.8, 4) is 11.8 Å². The fourth-order valence-corrected chi connectivity index (χ4v) is 7.63. The van der Waals surface area contributed by atoms with E-state index in [1.54, 1.807) is 12.1 Å². The number of methoxy groups -OCH3 is 1. The number of carbonyl (C=O) groups is 1. The molecule has 1 unspecified atom stereocenters. The minimum Gasteiger partial charge on any atom is -0.497 e. The molecule has 1 N–H and O–H groups in total. The summed E-state index contributed by atoms with van der Waals surface area (Å²) in [5.41, 5.74) is 3.35. The van der Waals surface area contributed by atoms with E-state index in [2.05, 4.69) is 11.4 Å². The molecule has 9 heteroatoms. The molecular weight excluding hydrogens is 482 g/mol. The molecule has 1 aliphatic carbocycles. The molecule has 1 aromatic heterocycles. The van der Waals surface area contributed by atoms with E-state index in [4.69, 9.17) is 4.74 Å². The standard InChI is InChI=1S/C26H25N3O4S2/c1-33-19-10-12-20(13-11-19)35(31,32)29-16-18-7-3-2-6-17(18)14-23(29)25(30)28-26-22(15-27)21-8-4-5-9-24(21)34-26/h2-3,6-7,10-13,23H,4-5,8-9,14,16H2,1H3,(H,28,30). The van der Waals surface area contributed by atoms with Gasteiger partial charge in [0.15, 0.2) is 0 Å². The molecule has 1 aliphatic heterocycles. The van der Waals surface area contributed by atoms with Gasteiger partial charge in [-0.15, -0.1) is 11.3 Å². The molecular formula is C26H25N3O4S2. The van der Waals surface area contributed by atoms with Crippen LogP contribution in [0.2, 0.25) is 0 Å². The summed E-state index contributed by atoms with van der Waals surface area (Å²) in [4.78, 5) is 14.8. The van der Waals surface area contributed by atoms with Gasteiger partial charge in [0, 0.05) is 11.4 Å². The Hall–Kier alpha value is -3.19. The predicted molar refractivity (Wildman–Crippen MR) is 134 cm³/mol. The molecule has 35 heavy (non-hydrogen) atoms. The first kappa shape index (κ1) is 23.5. The second kappa shape index (κ2) is 9.46. The maximum Gasteiger partial charge on any atom is 0.244 e. The third-order valence-electron chi connectivity index (χ3n) is 6.69. The Kier molecular flexibility index (Phi) is 6.36. The zero-order valence-corrected chi connectivity index (χ0v) is 20.9. The van der Waals surface area contributed by atoms with Gasteiger partial charge in [0.05, 0.1) is 17.6 Å². The van der Waals surface area contributed by atoms with Gasteiger partial charge in [0.1, 0.15) is 22.9 Å². The number of benzene rings is 2. The minimum absolute atomic E-state index is 0.0919. The van der Waals surface area contributed by atoms with Gasteiger partial charge in [-0.1, -0.05) is 24.3 Å². The number of amides is 1. The summed E-state index contributed by atoms with van der Waals surface area (Å²) >= 11 is 1.44. The number of carbonyl (C=O) groups excluding carboxylic acids is 1. The van der Waals surface area contributed by atoms with E-state index in [1.165, 1.54) is 34.9 Å². The number of anilines is 1. The number of hydrogen-bond acceptors (Lipinski definition) is 6. The number of aryl methyl sites for hydroxylation is 1. The van der Waals surface area contributed by atoms with Crippen LogP contribution in [0.3, 0.4) is 0 Å². The van der Waals surface area contributed by atoms with E-state index < -0.39 is 22.0 Å². The van der Waals surface area contributed by atoms with E-state index in [-0.39, 0.29) is 17.9 Å². The van der Waals surface area contributed by atoms with E-state index in [9.17, 15) is 18.5 Å². The van der Waals surface area contributed by atoms with Crippen LogP contribution in [0, 0.1) is 11.3 Å². The van der Waals surface area contributed by atoms with Crippen LogP contribution < -0.4 is 10.1 Å². The maximum atomic E-state index is 13.7. The average Bonchev–Trinajstić information content (AvgIpc) is 3.24. The Morgan fingerprint density at radius 1 is 1.11 bits per heavy atom. The van der Waals surface area contributed by atoms with Crippen LogP contribution in [0.1, 0.15) is 40.0 Å². The largest absolute Gasteiger partial charge is 0.497 e. The third kappa shape index (κ3) is 4.33. The number of thiophene rings is 1. The molecule has 2 aromatic carbocycles. The number of sulfonamides is 1. The molecule has 5 rings (SSSR count). The molecule has 7 nitrogen and oxygen atoms in total. The SMILES string of the molecule is COc1ccc(S(=O)(=O)N2Cc3ccccc3CC2C(=O)Nc2sc3c(c2C#N)CCCC3)cc1. The Morgan fingerprint density at radius 2 is 1.83 bits per heavy atom. The lowest BCUT2D eigenvalue weighted by atomic mass is 9.95. The summed E-state index contributed by atoms with van der Waals surface area (Å²) < 4.78 is 33.8. The van der Waals surface area contributed by atoms with Gasteiger partial charge in [-0.3, -0.25) is 4.79 Å². The fraction of sp³-hybridized carbons (Fsp3) is 0.308. The number of nitriles is 1. The molecule has 0 saturated heterocycles. The van der Waals surface area contributed by atoms with Gasteiger partial charge in [0.2, 0.25) is 15.9 Å². The van der Waals surface area contributed by atoms with Crippen molar-refractivity contribution in [2.24, 2.45) is 0 Å². The fourth-order valence-electron chi connectivity index (χ4n) is 4.83. The quantitative estimate of drug-likeness (QED) is 0.556. The summed E-state index contributed by atoms with van der Waals surface area (Å²) in [6.07, 6.45) is 4.08. The Balaban J connectivity index is 1.50. The van der Waals surface area contributed by atoms with Crippen molar-refractivity contribution in [1.82, 2.24) is 4.31 Å². The van der Waals surface area contributed by atoms with Gasteiger partial charge in [-0.25, -0.2) is 8.42 Å². The lowest BCUT2D eigenvalue weighted by Gasteiger charge is -2.35. The summed E-state index contributed by atoms with van der Waals surface area (Å²) in [6.45, 7) is 0.0919.